The summed E-state index contributed by atoms with van der Waals surface area (Å²) in [5, 5.41) is 3.89. The second-order valence-electron chi connectivity index (χ2n) is 3.78. The maximum atomic E-state index is 11.6. The first-order valence-corrected chi connectivity index (χ1v) is 5.99. The number of benzene rings is 1. The first kappa shape index (κ1) is 12.9. The summed E-state index contributed by atoms with van der Waals surface area (Å²) in [4.78, 5) is 14.4. The zero-order valence-electron chi connectivity index (χ0n) is 10.6. The molecule has 98 valence electrons. The van der Waals surface area contributed by atoms with Gasteiger partial charge in [-0.05, 0) is 48.9 Å². The molecule has 19 heavy (non-hydrogen) atoms. The number of aromatic amines is 1. The molecule has 0 atom stereocenters. The average Bonchev–Trinajstić information content (AvgIpc) is 2.95. The standard InChI is InChI=1S/C14H15N3O2/c1-2-19-12-7-5-11(6-8-12)10-16-17-14(18)13-4-3-9-15-13/h3-10,15H,2H2,1H3,(H,17,18)/b16-10-. The predicted molar refractivity (Wildman–Crippen MR) is 73.5 cm³/mol. The number of nitrogens with one attached hydrogen (secondary N) is 2. The Morgan fingerprint density at radius 1 is 1.37 bits per heavy atom. The van der Waals surface area contributed by atoms with Crippen LogP contribution in [0.25, 0.3) is 0 Å². The Hall–Kier alpha value is -2.56. The summed E-state index contributed by atoms with van der Waals surface area (Å²) in [7, 11) is 0. The Balaban J connectivity index is 1.90. The number of rotatable bonds is 5. The van der Waals surface area contributed by atoms with Crippen molar-refractivity contribution in [2.75, 3.05) is 6.61 Å². The number of hydrogen-bond acceptors (Lipinski definition) is 3. The van der Waals surface area contributed by atoms with Crippen LogP contribution in [-0.4, -0.2) is 23.7 Å². The number of hydrogen-bond donors (Lipinski definition) is 2. The van der Waals surface area contributed by atoms with Crippen molar-refractivity contribution in [3.05, 3.63) is 53.9 Å². The predicted octanol–water partition coefficient (Wildman–Crippen LogP) is 2.18. The number of H-pyrrole nitrogens is 1. The van der Waals surface area contributed by atoms with E-state index in [1.165, 1.54) is 0 Å². The van der Waals surface area contributed by atoms with E-state index in [1.807, 2.05) is 31.2 Å². The molecule has 5 heteroatoms. The van der Waals surface area contributed by atoms with Crippen LogP contribution in [0.4, 0.5) is 0 Å². The highest BCUT2D eigenvalue weighted by molar-refractivity contribution is 5.93. The van der Waals surface area contributed by atoms with Gasteiger partial charge in [0.25, 0.3) is 5.91 Å². The molecular formula is C14H15N3O2. The lowest BCUT2D eigenvalue weighted by atomic mass is 10.2. The second kappa shape index (κ2) is 6.39. The average molecular weight is 257 g/mol. The van der Waals surface area contributed by atoms with Crippen LogP contribution < -0.4 is 10.2 Å². The summed E-state index contributed by atoms with van der Waals surface area (Å²) >= 11 is 0. The van der Waals surface area contributed by atoms with Gasteiger partial charge in [0.15, 0.2) is 0 Å². The third kappa shape index (κ3) is 3.70. The highest BCUT2D eigenvalue weighted by Gasteiger charge is 2.02. The van der Waals surface area contributed by atoms with Crippen LogP contribution in [0.15, 0.2) is 47.7 Å². The van der Waals surface area contributed by atoms with E-state index in [0.717, 1.165) is 11.3 Å². The fourth-order valence-electron chi connectivity index (χ4n) is 1.51. The third-order valence-corrected chi connectivity index (χ3v) is 2.41. The summed E-state index contributed by atoms with van der Waals surface area (Å²) in [6.45, 7) is 2.57. The van der Waals surface area contributed by atoms with E-state index in [-0.39, 0.29) is 5.91 Å². The van der Waals surface area contributed by atoms with Gasteiger partial charge in [-0.2, -0.15) is 5.10 Å². The Bertz CT molecular complexity index is 545. The normalized spacial score (nSPS) is 10.6. The van der Waals surface area contributed by atoms with Crippen LogP contribution in [-0.2, 0) is 0 Å². The molecule has 2 N–H and O–H groups in total. The molecule has 0 bridgehead atoms. The van der Waals surface area contributed by atoms with Crippen LogP contribution in [0.2, 0.25) is 0 Å². The van der Waals surface area contributed by atoms with Crippen molar-refractivity contribution in [3.63, 3.8) is 0 Å². The van der Waals surface area contributed by atoms with Gasteiger partial charge in [0, 0.05) is 6.20 Å². The maximum absolute atomic E-state index is 11.6. The van der Waals surface area contributed by atoms with E-state index >= 15 is 0 Å². The maximum Gasteiger partial charge on any atom is 0.287 e. The highest BCUT2D eigenvalue weighted by Crippen LogP contribution is 2.10. The quantitative estimate of drug-likeness (QED) is 0.637. The molecule has 1 aromatic carbocycles. The van der Waals surface area contributed by atoms with Crippen LogP contribution >= 0.6 is 0 Å². The lowest BCUT2D eigenvalue weighted by Crippen LogP contribution is -2.17. The summed E-state index contributed by atoms with van der Waals surface area (Å²) in [6, 6.07) is 10.9. The molecule has 2 rings (SSSR count). The van der Waals surface area contributed by atoms with E-state index in [2.05, 4.69) is 15.5 Å². The molecule has 0 aliphatic carbocycles. The summed E-state index contributed by atoms with van der Waals surface area (Å²) in [5.41, 5.74) is 3.80. The number of nitrogens with zero attached hydrogens (tertiary/aromatic N) is 1. The summed E-state index contributed by atoms with van der Waals surface area (Å²) in [5.74, 6) is 0.544. The minimum atomic E-state index is -0.271. The van der Waals surface area contributed by atoms with E-state index < -0.39 is 0 Å². The molecule has 1 heterocycles. The zero-order valence-corrected chi connectivity index (χ0v) is 10.6. The first-order valence-electron chi connectivity index (χ1n) is 5.99. The van der Waals surface area contributed by atoms with Crippen LogP contribution in [0, 0.1) is 0 Å². The number of amides is 1. The van der Waals surface area contributed by atoms with E-state index in [4.69, 9.17) is 4.74 Å². The van der Waals surface area contributed by atoms with Gasteiger partial charge in [-0.25, -0.2) is 5.43 Å². The molecule has 0 saturated heterocycles. The van der Waals surface area contributed by atoms with Crippen molar-refractivity contribution in [2.45, 2.75) is 6.92 Å². The largest absolute Gasteiger partial charge is 0.494 e. The molecular weight excluding hydrogens is 242 g/mol. The number of aromatic nitrogens is 1. The molecule has 2 aromatic rings. The Labute approximate surface area is 111 Å². The molecule has 0 saturated carbocycles. The van der Waals surface area contributed by atoms with Gasteiger partial charge in [-0.15, -0.1) is 0 Å². The SMILES string of the molecule is CCOc1ccc(/C=N\NC(=O)c2ccc[nH]2)cc1. The zero-order chi connectivity index (χ0) is 13.5. The fourth-order valence-corrected chi connectivity index (χ4v) is 1.51. The summed E-state index contributed by atoms with van der Waals surface area (Å²) in [6.07, 6.45) is 3.27. The van der Waals surface area contributed by atoms with Gasteiger partial charge in [0.1, 0.15) is 11.4 Å². The molecule has 5 nitrogen and oxygen atoms in total. The van der Waals surface area contributed by atoms with Crippen molar-refractivity contribution < 1.29 is 9.53 Å². The van der Waals surface area contributed by atoms with Crippen molar-refractivity contribution in [1.82, 2.24) is 10.4 Å². The lowest BCUT2D eigenvalue weighted by Gasteiger charge is -2.02. The molecule has 0 aliphatic rings. The molecule has 1 aromatic heterocycles. The minimum absolute atomic E-state index is 0.271. The van der Waals surface area contributed by atoms with Crippen LogP contribution in [0.5, 0.6) is 5.75 Å². The Morgan fingerprint density at radius 3 is 2.79 bits per heavy atom. The van der Waals surface area contributed by atoms with Crippen molar-refractivity contribution in [2.24, 2.45) is 5.10 Å². The molecule has 0 radical (unpaired) electrons. The molecule has 1 amide bonds. The van der Waals surface area contributed by atoms with Crippen LogP contribution in [0.1, 0.15) is 23.0 Å². The second-order valence-corrected chi connectivity index (χ2v) is 3.78. The number of carbonyl (C=O) groups excluding carboxylic acids is 1. The van der Waals surface area contributed by atoms with Crippen molar-refractivity contribution in [3.8, 4) is 5.75 Å². The molecule has 0 spiro atoms. The smallest absolute Gasteiger partial charge is 0.287 e. The van der Waals surface area contributed by atoms with Crippen molar-refractivity contribution in [1.29, 1.82) is 0 Å². The number of ether oxygens (including phenoxy) is 1. The van der Waals surface area contributed by atoms with Crippen LogP contribution in [0.3, 0.4) is 0 Å². The van der Waals surface area contributed by atoms with Crippen molar-refractivity contribution >= 4 is 12.1 Å². The Morgan fingerprint density at radius 2 is 2.16 bits per heavy atom. The van der Waals surface area contributed by atoms with Gasteiger partial charge in [0.2, 0.25) is 0 Å². The van der Waals surface area contributed by atoms with Gasteiger partial charge < -0.3 is 9.72 Å². The monoisotopic (exact) mass is 257 g/mol. The molecule has 0 unspecified atom stereocenters. The van der Waals surface area contributed by atoms with Gasteiger partial charge >= 0.3 is 0 Å². The lowest BCUT2D eigenvalue weighted by molar-refractivity contribution is 0.0951. The highest BCUT2D eigenvalue weighted by atomic mass is 16.5. The minimum Gasteiger partial charge on any atom is -0.494 e. The third-order valence-electron chi connectivity index (χ3n) is 2.41. The summed E-state index contributed by atoms with van der Waals surface area (Å²) < 4.78 is 5.33. The molecule has 0 aliphatic heterocycles. The van der Waals surface area contributed by atoms with E-state index in [0.29, 0.717) is 12.3 Å². The number of hydrazone groups is 1. The van der Waals surface area contributed by atoms with Gasteiger partial charge in [0.05, 0.1) is 12.8 Å². The number of carbonyl (C=O) groups is 1. The van der Waals surface area contributed by atoms with Gasteiger partial charge in [-0.1, -0.05) is 0 Å². The Kier molecular flexibility index (Phi) is 4.34. The van der Waals surface area contributed by atoms with E-state index in [9.17, 15) is 4.79 Å². The first-order chi connectivity index (χ1) is 9.29. The topological polar surface area (TPSA) is 66.5 Å². The fraction of sp³-hybridized carbons (Fsp3) is 0.143. The van der Waals surface area contributed by atoms with Gasteiger partial charge in [-0.3, -0.25) is 4.79 Å². The van der Waals surface area contributed by atoms with E-state index in [1.54, 1.807) is 24.5 Å². The molecule has 0 fully saturated rings.